The van der Waals surface area contributed by atoms with Crippen molar-refractivity contribution in [1.82, 2.24) is 14.5 Å². The number of methoxy groups -OCH3 is 2. The van der Waals surface area contributed by atoms with Crippen molar-refractivity contribution in [2.75, 3.05) is 39.6 Å². The van der Waals surface area contributed by atoms with E-state index in [1.165, 1.54) is 14.2 Å². The van der Waals surface area contributed by atoms with E-state index in [9.17, 15) is 19.2 Å². The summed E-state index contributed by atoms with van der Waals surface area (Å²) in [7, 11) is 2.76. The quantitative estimate of drug-likeness (QED) is 0.381. The third-order valence-corrected chi connectivity index (χ3v) is 4.79. The first-order valence-corrected chi connectivity index (χ1v) is 9.77. The zero-order valence-corrected chi connectivity index (χ0v) is 17.9. The first-order valence-electron chi connectivity index (χ1n) is 9.77. The Morgan fingerprint density at radius 3 is 2.48 bits per heavy atom. The summed E-state index contributed by atoms with van der Waals surface area (Å²) in [5.74, 6) is -1.67. The number of esters is 1. The molecule has 10 nitrogen and oxygen atoms in total. The molecule has 1 unspecified atom stereocenters. The molecule has 2 aromatic rings. The summed E-state index contributed by atoms with van der Waals surface area (Å²) in [6.07, 6.45) is 0. The average molecular weight is 432 g/mol. The molecule has 0 aliphatic carbocycles. The van der Waals surface area contributed by atoms with E-state index in [1.54, 1.807) is 11.8 Å². The number of H-pyrrole nitrogens is 1. The smallest absolute Gasteiger partial charge is 0.330 e. The lowest BCUT2D eigenvalue weighted by Gasteiger charge is -2.24. The molecule has 0 radical (unpaired) electrons. The maximum atomic E-state index is 13.0. The molecule has 31 heavy (non-hydrogen) atoms. The van der Waals surface area contributed by atoms with Crippen LogP contribution >= 0.6 is 0 Å². The second-order valence-corrected chi connectivity index (χ2v) is 7.17. The van der Waals surface area contributed by atoms with Crippen molar-refractivity contribution in [3.05, 3.63) is 62.3 Å². The first-order chi connectivity index (χ1) is 14.8. The highest BCUT2D eigenvalue weighted by molar-refractivity contribution is 6.01. The summed E-state index contributed by atoms with van der Waals surface area (Å²) in [6.45, 7) is 2.39. The third-order valence-electron chi connectivity index (χ3n) is 4.79. The van der Waals surface area contributed by atoms with Gasteiger partial charge in [-0.2, -0.15) is 0 Å². The van der Waals surface area contributed by atoms with E-state index in [0.717, 1.165) is 10.1 Å². The molecule has 3 N–H and O–H groups in total. The topological polar surface area (TPSA) is 137 Å². The highest BCUT2D eigenvalue weighted by Gasteiger charge is 2.24. The predicted octanol–water partition coefficient (Wildman–Crippen LogP) is 0.259. The molecule has 0 aliphatic heterocycles. The fourth-order valence-corrected chi connectivity index (χ4v) is 3.23. The minimum absolute atomic E-state index is 0.0886. The lowest BCUT2D eigenvalue weighted by molar-refractivity contribution is -0.145. The second kappa shape index (κ2) is 11.2. The molecule has 1 heterocycles. The van der Waals surface area contributed by atoms with Crippen LogP contribution in [0.15, 0.2) is 39.9 Å². The van der Waals surface area contributed by atoms with Crippen LogP contribution in [0.1, 0.15) is 22.8 Å². The monoisotopic (exact) mass is 432 g/mol. The maximum Gasteiger partial charge on any atom is 0.330 e. The third kappa shape index (κ3) is 6.37. The van der Waals surface area contributed by atoms with Crippen molar-refractivity contribution >= 4 is 17.6 Å². The highest BCUT2D eigenvalue weighted by Crippen LogP contribution is 2.12. The Hall–Kier alpha value is -3.24. The van der Waals surface area contributed by atoms with Crippen LogP contribution in [0.5, 0.6) is 0 Å². The molecule has 0 bridgehead atoms. The molecule has 1 atom stereocenters. The molecule has 168 valence electrons. The minimum Gasteiger partial charge on any atom is -0.469 e. The molecular weight excluding hydrogens is 404 g/mol. The SMILES string of the molecule is COCCn1c(N)c(C(=O)CN(Cc2ccccc2)CC(C)C(=O)OC)c(=O)[nH]c1=O. The number of ether oxygens (including phenoxy) is 2. The Kier molecular flexibility index (Phi) is 8.71. The zero-order valence-electron chi connectivity index (χ0n) is 17.9. The Morgan fingerprint density at radius 1 is 1.19 bits per heavy atom. The van der Waals surface area contributed by atoms with Gasteiger partial charge in [-0.1, -0.05) is 37.3 Å². The molecule has 0 saturated heterocycles. The van der Waals surface area contributed by atoms with Gasteiger partial charge in [-0.05, 0) is 5.56 Å². The van der Waals surface area contributed by atoms with Crippen LogP contribution in [-0.4, -0.2) is 60.1 Å². The number of Topliss-reactive ketones (excluding diaryl/α,β-unsaturated/α-hetero) is 1. The summed E-state index contributed by atoms with van der Waals surface area (Å²) in [5.41, 5.74) is 5.08. The number of anilines is 1. The molecule has 1 aromatic heterocycles. The fraction of sp³-hybridized carbons (Fsp3) is 0.429. The van der Waals surface area contributed by atoms with Gasteiger partial charge in [0.2, 0.25) is 0 Å². The predicted molar refractivity (Wildman–Crippen MR) is 115 cm³/mol. The molecule has 0 saturated carbocycles. The van der Waals surface area contributed by atoms with Crippen LogP contribution < -0.4 is 17.0 Å². The number of hydrogen-bond donors (Lipinski definition) is 2. The number of nitrogens with one attached hydrogen (secondary N) is 1. The number of nitrogens with two attached hydrogens (primary N) is 1. The van der Waals surface area contributed by atoms with Gasteiger partial charge in [-0.3, -0.25) is 28.8 Å². The molecule has 0 amide bonds. The minimum atomic E-state index is -0.846. The summed E-state index contributed by atoms with van der Waals surface area (Å²) in [4.78, 5) is 53.2. The van der Waals surface area contributed by atoms with Gasteiger partial charge in [0, 0.05) is 20.2 Å². The van der Waals surface area contributed by atoms with E-state index in [2.05, 4.69) is 4.98 Å². The van der Waals surface area contributed by atoms with Crippen molar-refractivity contribution in [2.24, 2.45) is 5.92 Å². The van der Waals surface area contributed by atoms with Gasteiger partial charge in [-0.15, -0.1) is 0 Å². The second-order valence-electron chi connectivity index (χ2n) is 7.17. The van der Waals surface area contributed by atoms with Gasteiger partial charge < -0.3 is 15.2 Å². The normalized spacial score (nSPS) is 12.0. The number of hydrogen-bond acceptors (Lipinski definition) is 8. The summed E-state index contributed by atoms with van der Waals surface area (Å²) >= 11 is 0. The van der Waals surface area contributed by atoms with Crippen LogP contribution in [-0.2, 0) is 27.4 Å². The number of rotatable bonds is 11. The Bertz CT molecular complexity index is 1010. The zero-order chi connectivity index (χ0) is 23.0. The number of aromatic amines is 1. The van der Waals surface area contributed by atoms with E-state index in [-0.39, 0.29) is 37.6 Å². The fourth-order valence-electron chi connectivity index (χ4n) is 3.23. The lowest BCUT2D eigenvalue weighted by Crippen LogP contribution is -2.41. The molecule has 0 aliphatic rings. The number of aromatic nitrogens is 2. The van der Waals surface area contributed by atoms with Crippen molar-refractivity contribution in [3.63, 3.8) is 0 Å². The Balaban J connectivity index is 2.33. The van der Waals surface area contributed by atoms with Crippen LogP contribution in [0.25, 0.3) is 0 Å². The van der Waals surface area contributed by atoms with Crippen molar-refractivity contribution < 1.29 is 19.1 Å². The van der Waals surface area contributed by atoms with Crippen molar-refractivity contribution in [1.29, 1.82) is 0 Å². The molecule has 2 rings (SSSR count). The molecule has 1 aromatic carbocycles. The van der Waals surface area contributed by atoms with Gasteiger partial charge in [-0.25, -0.2) is 4.79 Å². The van der Waals surface area contributed by atoms with Crippen LogP contribution in [0.2, 0.25) is 0 Å². The first kappa shape index (κ1) is 24.0. The van der Waals surface area contributed by atoms with Gasteiger partial charge in [0.05, 0.1) is 32.7 Å². The summed E-state index contributed by atoms with van der Waals surface area (Å²) in [6, 6.07) is 9.40. The van der Waals surface area contributed by atoms with Gasteiger partial charge in [0.15, 0.2) is 5.78 Å². The van der Waals surface area contributed by atoms with Crippen LogP contribution in [0.3, 0.4) is 0 Å². The van der Waals surface area contributed by atoms with Crippen LogP contribution in [0.4, 0.5) is 5.82 Å². The number of benzene rings is 1. The van der Waals surface area contributed by atoms with Crippen LogP contribution in [0, 0.1) is 5.92 Å². The maximum absolute atomic E-state index is 13.0. The van der Waals surface area contributed by atoms with Crippen molar-refractivity contribution in [2.45, 2.75) is 20.0 Å². The largest absolute Gasteiger partial charge is 0.469 e. The van der Waals surface area contributed by atoms with E-state index < -0.39 is 28.9 Å². The molecular formula is C21H28N4O6. The highest BCUT2D eigenvalue weighted by atomic mass is 16.5. The number of nitrogen functional groups attached to an aromatic ring is 1. The Labute approximate surface area is 179 Å². The van der Waals surface area contributed by atoms with Crippen molar-refractivity contribution in [3.8, 4) is 0 Å². The number of carbonyl (C=O) groups excluding carboxylic acids is 2. The summed E-state index contributed by atoms with van der Waals surface area (Å²) < 4.78 is 10.8. The molecule has 0 spiro atoms. The number of nitrogens with zero attached hydrogens (tertiary/aromatic N) is 2. The number of ketones is 1. The van der Waals surface area contributed by atoms with Gasteiger partial charge in [0.25, 0.3) is 5.56 Å². The summed E-state index contributed by atoms with van der Waals surface area (Å²) in [5, 5.41) is 0. The Morgan fingerprint density at radius 2 is 1.87 bits per heavy atom. The average Bonchev–Trinajstić information content (AvgIpc) is 2.73. The standard InChI is InChI=1S/C21H28N4O6/c1-14(20(28)31-3)11-24(12-15-7-5-4-6-8-15)13-16(26)17-18(22)25(9-10-30-2)21(29)23-19(17)27/h4-8,14H,9-13,22H2,1-3H3,(H,23,27,29). The van der Waals surface area contributed by atoms with E-state index in [1.807, 2.05) is 30.3 Å². The van der Waals surface area contributed by atoms with E-state index >= 15 is 0 Å². The molecule has 0 fully saturated rings. The lowest BCUT2D eigenvalue weighted by atomic mass is 10.1. The molecule has 10 heteroatoms. The number of carbonyl (C=O) groups is 2. The van der Waals surface area contributed by atoms with E-state index in [0.29, 0.717) is 6.54 Å². The van der Waals surface area contributed by atoms with E-state index in [4.69, 9.17) is 15.2 Å². The van der Waals surface area contributed by atoms with Gasteiger partial charge >= 0.3 is 11.7 Å². The van der Waals surface area contributed by atoms with Gasteiger partial charge in [0.1, 0.15) is 11.4 Å².